The molecular weight excluding hydrogens is 703 g/mol. The molecule has 11 rings (SSSR count). The van der Waals surface area contributed by atoms with Crippen LogP contribution in [-0.2, 0) is 0 Å². The number of hydrogen-bond acceptors (Lipinski definition) is 2. The number of para-hydroxylation sites is 2. The van der Waals surface area contributed by atoms with Crippen molar-refractivity contribution in [3.8, 4) is 44.5 Å². The van der Waals surface area contributed by atoms with Gasteiger partial charge in [0.15, 0.2) is 0 Å². The van der Waals surface area contributed by atoms with Crippen LogP contribution >= 0.6 is 0 Å². The normalized spacial score (nSPS) is 11.4. The zero-order valence-corrected chi connectivity index (χ0v) is 31.7. The number of furan rings is 1. The third-order valence-electron chi connectivity index (χ3n) is 11.5. The number of benzene rings is 10. The van der Waals surface area contributed by atoms with Crippen LogP contribution in [0.4, 0.5) is 17.1 Å². The molecule has 0 aliphatic rings. The second-order valence-electron chi connectivity index (χ2n) is 14.8. The average Bonchev–Trinajstić information content (AvgIpc) is 3.70. The second kappa shape index (κ2) is 14.1. The van der Waals surface area contributed by atoms with Gasteiger partial charge in [-0.05, 0) is 97.4 Å². The summed E-state index contributed by atoms with van der Waals surface area (Å²) in [6, 6.07) is 80.6. The van der Waals surface area contributed by atoms with Gasteiger partial charge in [0.1, 0.15) is 11.2 Å². The van der Waals surface area contributed by atoms with Crippen LogP contribution < -0.4 is 4.90 Å². The number of anilines is 3. The fraction of sp³-hybridized carbons (Fsp3) is 0. The van der Waals surface area contributed by atoms with E-state index in [4.69, 9.17) is 4.42 Å². The van der Waals surface area contributed by atoms with Crippen LogP contribution in [0.25, 0.3) is 88.0 Å². The Morgan fingerprint density at radius 2 is 0.931 bits per heavy atom. The van der Waals surface area contributed by atoms with E-state index in [1.54, 1.807) is 0 Å². The first-order valence-electron chi connectivity index (χ1n) is 19.8. The third-order valence-corrected chi connectivity index (χ3v) is 11.5. The molecular formula is C56H37NO. The Morgan fingerprint density at radius 1 is 0.310 bits per heavy atom. The van der Waals surface area contributed by atoms with E-state index in [9.17, 15) is 0 Å². The van der Waals surface area contributed by atoms with Crippen LogP contribution in [0.1, 0.15) is 0 Å². The first-order chi connectivity index (χ1) is 28.8. The number of fused-ring (bicyclic) bond motifs is 5. The molecule has 0 fully saturated rings. The lowest BCUT2D eigenvalue weighted by molar-refractivity contribution is 0.670. The van der Waals surface area contributed by atoms with E-state index in [-0.39, 0.29) is 0 Å². The molecule has 0 spiro atoms. The first-order valence-corrected chi connectivity index (χ1v) is 19.8. The summed E-state index contributed by atoms with van der Waals surface area (Å²) in [6.07, 6.45) is 0. The topological polar surface area (TPSA) is 16.4 Å². The molecule has 0 amide bonds. The third kappa shape index (κ3) is 5.74. The lowest BCUT2D eigenvalue weighted by Gasteiger charge is -2.29. The van der Waals surface area contributed by atoms with Crippen molar-refractivity contribution in [2.24, 2.45) is 0 Å². The Kier molecular flexibility index (Phi) is 8.19. The summed E-state index contributed by atoms with van der Waals surface area (Å²) in [5.41, 5.74) is 14.2. The van der Waals surface area contributed by atoms with E-state index in [2.05, 4.69) is 229 Å². The summed E-state index contributed by atoms with van der Waals surface area (Å²) in [5, 5.41) is 7.03. The van der Waals surface area contributed by atoms with Crippen molar-refractivity contribution >= 4 is 60.5 Å². The van der Waals surface area contributed by atoms with E-state index in [1.165, 1.54) is 49.4 Å². The van der Waals surface area contributed by atoms with Crippen molar-refractivity contribution < 1.29 is 4.42 Å². The van der Waals surface area contributed by atoms with Crippen molar-refractivity contribution in [1.29, 1.82) is 0 Å². The lowest BCUT2D eigenvalue weighted by Crippen LogP contribution is -2.12. The van der Waals surface area contributed by atoms with Crippen LogP contribution in [0, 0.1) is 0 Å². The zero-order valence-electron chi connectivity index (χ0n) is 31.7. The molecule has 0 aliphatic heterocycles. The minimum absolute atomic E-state index is 0.862. The Balaban J connectivity index is 1.17. The highest BCUT2D eigenvalue weighted by Gasteiger charge is 2.25. The van der Waals surface area contributed by atoms with E-state index in [0.717, 1.165) is 55.7 Å². The highest BCUT2D eigenvalue weighted by atomic mass is 16.3. The molecule has 0 bridgehead atoms. The summed E-state index contributed by atoms with van der Waals surface area (Å²) in [5.74, 6) is 0. The van der Waals surface area contributed by atoms with Crippen LogP contribution in [0.15, 0.2) is 229 Å². The minimum Gasteiger partial charge on any atom is -0.455 e. The molecule has 10 aromatic carbocycles. The number of rotatable bonds is 7. The molecule has 0 unspecified atom stereocenters. The maximum Gasteiger partial charge on any atom is 0.145 e. The van der Waals surface area contributed by atoms with Crippen LogP contribution in [0.2, 0.25) is 0 Å². The monoisotopic (exact) mass is 739 g/mol. The van der Waals surface area contributed by atoms with E-state index in [0.29, 0.717) is 0 Å². The SMILES string of the molecule is c1ccc(-c2ccccc2-c2ccccc2N(c2ccc(-c3ccc4ccccc4c3)cc2)c2ccc(-c3cccc4ccccc34)c3oc4ccccc4c23)cc1. The first kappa shape index (κ1) is 33.6. The van der Waals surface area contributed by atoms with Gasteiger partial charge >= 0.3 is 0 Å². The fourth-order valence-electron chi connectivity index (χ4n) is 8.73. The Hall–Kier alpha value is -7.68. The fourth-order valence-corrected chi connectivity index (χ4v) is 8.73. The summed E-state index contributed by atoms with van der Waals surface area (Å²) >= 11 is 0. The van der Waals surface area contributed by atoms with Gasteiger partial charge in [-0.25, -0.2) is 0 Å². The van der Waals surface area contributed by atoms with Gasteiger partial charge in [-0.2, -0.15) is 0 Å². The largest absolute Gasteiger partial charge is 0.455 e. The molecule has 0 aliphatic carbocycles. The van der Waals surface area contributed by atoms with Crippen LogP contribution in [0.3, 0.4) is 0 Å². The molecule has 0 saturated carbocycles. The van der Waals surface area contributed by atoms with Gasteiger partial charge in [-0.1, -0.05) is 182 Å². The molecule has 0 radical (unpaired) electrons. The van der Waals surface area contributed by atoms with E-state index in [1.807, 2.05) is 0 Å². The molecule has 2 heteroatoms. The zero-order chi connectivity index (χ0) is 38.4. The predicted octanol–water partition coefficient (Wildman–Crippen LogP) is 16.0. The Morgan fingerprint density at radius 3 is 1.78 bits per heavy atom. The van der Waals surface area contributed by atoms with Crippen LogP contribution in [-0.4, -0.2) is 0 Å². The van der Waals surface area contributed by atoms with E-state index < -0.39 is 0 Å². The van der Waals surface area contributed by atoms with Crippen LogP contribution in [0.5, 0.6) is 0 Å². The molecule has 58 heavy (non-hydrogen) atoms. The molecule has 0 saturated heterocycles. The molecule has 2 nitrogen and oxygen atoms in total. The van der Waals surface area contributed by atoms with Gasteiger partial charge in [0.2, 0.25) is 0 Å². The van der Waals surface area contributed by atoms with E-state index >= 15 is 0 Å². The van der Waals surface area contributed by atoms with Gasteiger partial charge < -0.3 is 9.32 Å². The smallest absolute Gasteiger partial charge is 0.145 e. The van der Waals surface area contributed by atoms with Crippen molar-refractivity contribution in [3.63, 3.8) is 0 Å². The van der Waals surface area contributed by atoms with Gasteiger partial charge in [-0.15, -0.1) is 0 Å². The van der Waals surface area contributed by atoms with Crippen molar-refractivity contribution in [2.45, 2.75) is 0 Å². The quantitative estimate of drug-likeness (QED) is 0.162. The maximum atomic E-state index is 6.93. The predicted molar refractivity (Wildman–Crippen MR) is 245 cm³/mol. The summed E-state index contributed by atoms with van der Waals surface area (Å²) < 4.78 is 6.93. The number of hydrogen-bond donors (Lipinski definition) is 0. The van der Waals surface area contributed by atoms with Gasteiger partial charge in [0, 0.05) is 22.2 Å². The van der Waals surface area contributed by atoms with Gasteiger partial charge in [0.25, 0.3) is 0 Å². The number of nitrogens with zero attached hydrogens (tertiary/aromatic N) is 1. The van der Waals surface area contributed by atoms with Crippen molar-refractivity contribution in [3.05, 3.63) is 224 Å². The summed E-state index contributed by atoms with van der Waals surface area (Å²) in [4.78, 5) is 2.43. The molecule has 1 aromatic heterocycles. The minimum atomic E-state index is 0.862. The molecule has 11 aromatic rings. The highest BCUT2D eigenvalue weighted by Crippen LogP contribution is 2.49. The average molecular weight is 740 g/mol. The standard InChI is InChI=1S/C56H37NO/c1-2-16-40(17-3-1)45-22-8-9-23-47(45)49-24-10-12-27-52(49)57(44-33-31-39(32-34-44)43-30-29-38-15-4-5-19-42(38)37-43)53-36-35-50(48-26-14-20-41-18-6-7-21-46(41)48)56-55(53)51-25-11-13-28-54(51)58-56/h1-37H. The lowest BCUT2D eigenvalue weighted by atomic mass is 9.92. The highest BCUT2D eigenvalue weighted by molar-refractivity contribution is 6.19. The van der Waals surface area contributed by atoms with Crippen molar-refractivity contribution in [1.82, 2.24) is 0 Å². The maximum absolute atomic E-state index is 6.93. The Labute approximate surface area is 337 Å². The summed E-state index contributed by atoms with van der Waals surface area (Å²) in [6.45, 7) is 0. The molecule has 1 heterocycles. The Bertz CT molecular complexity index is 3280. The van der Waals surface area contributed by atoms with Crippen molar-refractivity contribution in [2.75, 3.05) is 4.90 Å². The summed E-state index contributed by atoms with van der Waals surface area (Å²) in [7, 11) is 0. The van der Waals surface area contributed by atoms with Gasteiger partial charge in [-0.3, -0.25) is 0 Å². The molecule has 0 atom stereocenters. The second-order valence-corrected chi connectivity index (χ2v) is 14.8. The van der Waals surface area contributed by atoms with Gasteiger partial charge in [0.05, 0.1) is 16.8 Å². The molecule has 0 N–H and O–H groups in total. The molecule has 272 valence electrons.